The normalized spacial score (nSPS) is 18.5. The summed E-state index contributed by atoms with van der Waals surface area (Å²) in [6, 6.07) is 14.6. The van der Waals surface area contributed by atoms with Gasteiger partial charge in [-0.15, -0.1) is 0 Å². The number of nitrogens with one attached hydrogen (secondary N) is 2. The Morgan fingerprint density at radius 1 is 1.24 bits per heavy atom. The zero-order valence-corrected chi connectivity index (χ0v) is 17.8. The van der Waals surface area contributed by atoms with Crippen molar-refractivity contribution >= 4 is 16.0 Å². The van der Waals surface area contributed by atoms with Crippen LogP contribution in [0.4, 0.5) is 0 Å². The van der Waals surface area contributed by atoms with E-state index in [1.807, 2.05) is 31.2 Å². The van der Waals surface area contributed by atoms with Crippen molar-refractivity contribution in [1.29, 1.82) is 0 Å². The first-order chi connectivity index (χ1) is 13.7. The Hall–Kier alpha value is -2.58. The number of hydrogen-bond donors (Lipinski definition) is 3. The standard InChI is InChI=1S/C21H28N4O3S/c1-4-23-20(24-14-15-8-7-9-16(12-15)29(22,26)27)25-18-13-21(2,3)28-19-11-6-5-10-17(18)19/h5-12,18H,4,13-14H2,1-3H3,(H2,22,26,27)(H2,23,24,25). The van der Waals surface area contributed by atoms with Gasteiger partial charge in [0.2, 0.25) is 10.0 Å². The number of fused-ring (bicyclic) bond motifs is 1. The lowest BCUT2D eigenvalue weighted by Gasteiger charge is -2.38. The summed E-state index contributed by atoms with van der Waals surface area (Å²) in [5.41, 5.74) is 1.56. The van der Waals surface area contributed by atoms with E-state index in [1.165, 1.54) is 6.07 Å². The highest BCUT2D eigenvalue weighted by Crippen LogP contribution is 2.39. The van der Waals surface area contributed by atoms with E-state index < -0.39 is 10.0 Å². The van der Waals surface area contributed by atoms with Crippen LogP contribution in [0.25, 0.3) is 0 Å². The van der Waals surface area contributed by atoms with Gasteiger partial charge in [-0.2, -0.15) is 0 Å². The molecule has 7 nitrogen and oxygen atoms in total. The van der Waals surface area contributed by atoms with E-state index in [-0.39, 0.29) is 16.5 Å². The molecule has 0 spiro atoms. The average Bonchev–Trinajstić information content (AvgIpc) is 2.65. The molecule has 0 aromatic heterocycles. The SMILES string of the molecule is CCNC(=NCc1cccc(S(N)(=O)=O)c1)NC1CC(C)(C)Oc2ccccc21. The highest BCUT2D eigenvalue weighted by Gasteiger charge is 2.33. The molecule has 2 aromatic carbocycles. The zero-order chi connectivity index (χ0) is 21.1. The number of hydrogen-bond acceptors (Lipinski definition) is 4. The molecule has 8 heteroatoms. The maximum Gasteiger partial charge on any atom is 0.238 e. The molecular formula is C21H28N4O3S. The molecule has 1 aliphatic heterocycles. The summed E-state index contributed by atoms with van der Waals surface area (Å²) in [7, 11) is -3.74. The number of benzene rings is 2. The summed E-state index contributed by atoms with van der Waals surface area (Å²) in [6.07, 6.45) is 0.787. The van der Waals surface area contributed by atoms with Crippen molar-refractivity contribution in [2.24, 2.45) is 10.1 Å². The third kappa shape index (κ3) is 5.48. The number of primary sulfonamides is 1. The largest absolute Gasteiger partial charge is 0.487 e. The molecule has 1 aliphatic rings. The molecule has 156 valence electrons. The third-order valence-electron chi connectivity index (χ3n) is 4.68. The van der Waals surface area contributed by atoms with Crippen molar-refractivity contribution in [1.82, 2.24) is 10.6 Å². The summed E-state index contributed by atoms with van der Waals surface area (Å²) in [4.78, 5) is 4.73. The fourth-order valence-corrected chi connectivity index (χ4v) is 3.99. The van der Waals surface area contributed by atoms with Crippen LogP contribution in [0, 0.1) is 0 Å². The summed E-state index contributed by atoms with van der Waals surface area (Å²) in [6.45, 7) is 7.17. The molecule has 0 saturated heterocycles. The molecular weight excluding hydrogens is 388 g/mol. The van der Waals surface area contributed by atoms with Gasteiger partial charge in [-0.1, -0.05) is 30.3 Å². The number of aliphatic imine (C=N–C) groups is 1. The lowest BCUT2D eigenvalue weighted by Crippen LogP contribution is -2.45. The lowest BCUT2D eigenvalue weighted by molar-refractivity contribution is 0.0694. The molecule has 0 saturated carbocycles. The molecule has 0 fully saturated rings. The number of ether oxygens (including phenoxy) is 1. The molecule has 3 rings (SSSR count). The number of guanidine groups is 1. The van der Waals surface area contributed by atoms with Gasteiger partial charge in [0.05, 0.1) is 17.5 Å². The monoisotopic (exact) mass is 416 g/mol. The summed E-state index contributed by atoms with van der Waals surface area (Å²) < 4.78 is 29.2. The van der Waals surface area contributed by atoms with Crippen LogP contribution in [0.1, 0.15) is 44.4 Å². The van der Waals surface area contributed by atoms with Crippen molar-refractivity contribution in [2.75, 3.05) is 6.54 Å². The first-order valence-electron chi connectivity index (χ1n) is 9.62. The predicted octanol–water partition coefficient (Wildman–Crippen LogP) is 2.69. The zero-order valence-electron chi connectivity index (χ0n) is 17.0. The van der Waals surface area contributed by atoms with E-state index in [9.17, 15) is 8.42 Å². The molecule has 1 heterocycles. The van der Waals surface area contributed by atoms with Crippen LogP contribution in [0.5, 0.6) is 5.75 Å². The second kappa shape index (κ2) is 8.42. The van der Waals surface area contributed by atoms with E-state index >= 15 is 0 Å². The van der Waals surface area contributed by atoms with E-state index in [2.05, 4.69) is 35.5 Å². The Kier molecular flexibility index (Phi) is 6.14. The summed E-state index contributed by atoms with van der Waals surface area (Å²) in [5, 5.41) is 12.0. The first-order valence-corrected chi connectivity index (χ1v) is 11.2. The molecule has 1 atom stereocenters. The molecule has 29 heavy (non-hydrogen) atoms. The fraction of sp³-hybridized carbons (Fsp3) is 0.381. The van der Waals surface area contributed by atoms with Crippen molar-refractivity contribution in [3.8, 4) is 5.75 Å². The van der Waals surface area contributed by atoms with E-state index in [4.69, 9.17) is 9.88 Å². The van der Waals surface area contributed by atoms with Gasteiger partial charge in [0.1, 0.15) is 11.4 Å². The predicted molar refractivity (Wildman–Crippen MR) is 114 cm³/mol. The van der Waals surface area contributed by atoms with Gasteiger partial charge in [0, 0.05) is 18.5 Å². The van der Waals surface area contributed by atoms with Crippen molar-refractivity contribution < 1.29 is 13.2 Å². The molecule has 0 bridgehead atoms. The number of nitrogens with zero attached hydrogens (tertiary/aromatic N) is 1. The number of rotatable bonds is 5. The fourth-order valence-electron chi connectivity index (χ4n) is 3.41. The third-order valence-corrected chi connectivity index (χ3v) is 5.59. The van der Waals surface area contributed by atoms with Gasteiger partial charge in [0.25, 0.3) is 0 Å². The number of sulfonamides is 1. The van der Waals surface area contributed by atoms with Crippen molar-refractivity contribution in [3.05, 3.63) is 59.7 Å². The molecule has 0 radical (unpaired) electrons. The van der Waals surface area contributed by atoms with Gasteiger partial charge >= 0.3 is 0 Å². The van der Waals surface area contributed by atoms with Crippen LogP contribution >= 0.6 is 0 Å². The number of nitrogens with two attached hydrogens (primary N) is 1. The molecule has 1 unspecified atom stereocenters. The first kappa shape index (κ1) is 21.1. The van der Waals surface area contributed by atoms with Crippen LogP contribution < -0.4 is 20.5 Å². The minimum absolute atomic E-state index is 0.0449. The Labute approximate surface area is 172 Å². The average molecular weight is 417 g/mol. The smallest absolute Gasteiger partial charge is 0.238 e. The van der Waals surface area contributed by atoms with Crippen molar-refractivity contribution in [2.45, 2.75) is 50.3 Å². The van der Waals surface area contributed by atoms with E-state index in [0.717, 1.165) is 23.3 Å². The van der Waals surface area contributed by atoms with Crippen LogP contribution in [-0.4, -0.2) is 26.5 Å². The Morgan fingerprint density at radius 3 is 2.72 bits per heavy atom. The van der Waals surface area contributed by atoms with E-state index in [0.29, 0.717) is 19.0 Å². The second-order valence-electron chi connectivity index (χ2n) is 7.69. The topological polar surface area (TPSA) is 106 Å². The van der Waals surface area contributed by atoms with E-state index in [1.54, 1.807) is 12.1 Å². The van der Waals surface area contributed by atoms with Gasteiger partial charge in [-0.05, 0) is 44.5 Å². The maximum atomic E-state index is 11.6. The van der Waals surface area contributed by atoms with Crippen LogP contribution in [0.15, 0.2) is 58.4 Å². The highest BCUT2D eigenvalue weighted by molar-refractivity contribution is 7.89. The minimum Gasteiger partial charge on any atom is -0.487 e. The Bertz CT molecular complexity index is 1000. The number of para-hydroxylation sites is 1. The molecule has 4 N–H and O–H groups in total. The van der Waals surface area contributed by atoms with Crippen LogP contribution in [-0.2, 0) is 16.6 Å². The van der Waals surface area contributed by atoms with Crippen molar-refractivity contribution in [3.63, 3.8) is 0 Å². The highest BCUT2D eigenvalue weighted by atomic mass is 32.2. The minimum atomic E-state index is -3.74. The summed E-state index contributed by atoms with van der Waals surface area (Å²) >= 11 is 0. The quantitative estimate of drug-likeness (QED) is 0.513. The molecule has 0 amide bonds. The van der Waals surface area contributed by atoms with Gasteiger partial charge in [-0.25, -0.2) is 18.5 Å². The van der Waals surface area contributed by atoms with Gasteiger partial charge in [0.15, 0.2) is 5.96 Å². The maximum absolute atomic E-state index is 11.6. The summed E-state index contributed by atoms with van der Waals surface area (Å²) in [5.74, 6) is 1.53. The lowest BCUT2D eigenvalue weighted by atomic mass is 9.90. The van der Waals surface area contributed by atoms with Crippen LogP contribution in [0.2, 0.25) is 0 Å². The van der Waals surface area contributed by atoms with Gasteiger partial charge < -0.3 is 15.4 Å². The Morgan fingerprint density at radius 2 is 2.00 bits per heavy atom. The second-order valence-corrected chi connectivity index (χ2v) is 9.25. The van der Waals surface area contributed by atoms with Gasteiger partial charge in [-0.3, -0.25) is 0 Å². The molecule has 0 aliphatic carbocycles. The van der Waals surface area contributed by atoms with Crippen LogP contribution in [0.3, 0.4) is 0 Å². The Balaban J connectivity index is 1.82. The molecule has 2 aromatic rings.